The van der Waals surface area contributed by atoms with Gasteiger partial charge in [0, 0.05) is 36.5 Å². The summed E-state index contributed by atoms with van der Waals surface area (Å²) in [7, 11) is 0. The van der Waals surface area contributed by atoms with Crippen LogP contribution >= 0.6 is 11.6 Å². The van der Waals surface area contributed by atoms with Crippen LogP contribution in [0.25, 0.3) is 0 Å². The molecule has 0 saturated heterocycles. The first-order valence-corrected chi connectivity index (χ1v) is 7.21. The molecule has 0 bridgehead atoms. The largest absolute Gasteiger partial charge is 0.329 e. The highest BCUT2D eigenvalue weighted by Gasteiger charge is 2.17. The average molecular weight is 290 g/mol. The summed E-state index contributed by atoms with van der Waals surface area (Å²) >= 11 is 5.95. The number of aromatic nitrogens is 1. The van der Waals surface area contributed by atoms with Crippen LogP contribution in [0.5, 0.6) is 0 Å². The van der Waals surface area contributed by atoms with E-state index in [0.717, 1.165) is 18.1 Å². The van der Waals surface area contributed by atoms with Crippen LogP contribution in [0.3, 0.4) is 0 Å². The van der Waals surface area contributed by atoms with Gasteiger partial charge in [-0.2, -0.15) is 0 Å². The normalized spacial score (nSPS) is 12.6. The Balaban J connectivity index is 2.17. The van der Waals surface area contributed by atoms with Crippen molar-refractivity contribution in [2.75, 3.05) is 13.1 Å². The minimum Gasteiger partial charge on any atom is -0.329 e. The Kier molecular flexibility index (Phi) is 5.53. The second-order valence-electron chi connectivity index (χ2n) is 4.72. The van der Waals surface area contributed by atoms with Gasteiger partial charge in [-0.15, -0.1) is 0 Å². The third kappa shape index (κ3) is 3.79. The zero-order chi connectivity index (χ0) is 14.4. The van der Waals surface area contributed by atoms with Crippen molar-refractivity contribution < 1.29 is 0 Å². The van der Waals surface area contributed by atoms with Gasteiger partial charge in [0.2, 0.25) is 0 Å². The summed E-state index contributed by atoms with van der Waals surface area (Å²) in [6.45, 7) is 4.54. The number of likely N-dealkylation sites (N-methyl/N-ethyl adjacent to an activating group) is 1. The molecule has 2 N–H and O–H groups in total. The summed E-state index contributed by atoms with van der Waals surface area (Å²) in [6.07, 6.45) is 3.64. The number of hydrogen-bond acceptors (Lipinski definition) is 3. The molecular formula is C16H20ClN3. The molecule has 0 fully saturated rings. The molecule has 0 radical (unpaired) electrons. The molecule has 20 heavy (non-hydrogen) atoms. The van der Waals surface area contributed by atoms with E-state index < -0.39 is 0 Å². The number of rotatable bonds is 6. The third-order valence-corrected chi connectivity index (χ3v) is 3.71. The van der Waals surface area contributed by atoms with Gasteiger partial charge in [0.15, 0.2) is 0 Å². The van der Waals surface area contributed by atoms with Crippen molar-refractivity contribution in [2.24, 2.45) is 5.73 Å². The summed E-state index contributed by atoms with van der Waals surface area (Å²) in [5.41, 5.74) is 8.43. The molecular weight excluding hydrogens is 270 g/mol. The van der Waals surface area contributed by atoms with Crippen LogP contribution in [0.4, 0.5) is 0 Å². The fourth-order valence-corrected chi connectivity index (χ4v) is 2.47. The SMILES string of the molecule is CCN(Cc1ccncc1)C(CN)c1ccc(Cl)cc1. The van der Waals surface area contributed by atoms with Crippen LogP contribution in [-0.2, 0) is 6.54 Å². The molecule has 1 heterocycles. The summed E-state index contributed by atoms with van der Waals surface area (Å²) < 4.78 is 0. The van der Waals surface area contributed by atoms with Gasteiger partial charge in [-0.25, -0.2) is 0 Å². The van der Waals surface area contributed by atoms with Crippen LogP contribution in [0.2, 0.25) is 5.02 Å². The quantitative estimate of drug-likeness (QED) is 0.887. The Bertz CT molecular complexity index is 513. The molecule has 2 aromatic rings. The Morgan fingerprint density at radius 2 is 1.80 bits per heavy atom. The predicted molar refractivity (Wildman–Crippen MR) is 83.6 cm³/mol. The fraction of sp³-hybridized carbons (Fsp3) is 0.312. The molecule has 1 aromatic carbocycles. The van der Waals surface area contributed by atoms with E-state index in [-0.39, 0.29) is 6.04 Å². The van der Waals surface area contributed by atoms with E-state index in [1.54, 1.807) is 0 Å². The van der Waals surface area contributed by atoms with E-state index in [1.807, 2.05) is 36.7 Å². The Hall–Kier alpha value is -1.42. The van der Waals surface area contributed by atoms with Gasteiger partial charge in [-0.1, -0.05) is 30.7 Å². The molecule has 0 amide bonds. The zero-order valence-corrected chi connectivity index (χ0v) is 12.4. The van der Waals surface area contributed by atoms with Crippen molar-refractivity contribution in [1.29, 1.82) is 0 Å². The first kappa shape index (κ1) is 15.0. The number of nitrogens with zero attached hydrogens (tertiary/aromatic N) is 2. The second-order valence-corrected chi connectivity index (χ2v) is 5.16. The van der Waals surface area contributed by atoms with Crippen molar-refractivity contribution >= 4 is 11.6 Å². The second kappa shape index (κ2) is 7.39. The highest BCUT2D eigenvalue weighted by atomic mass is 35.5. The van der Waals surface area contributed by atoms with Gasteiger partial charge in [0.25, 0.3) is 0 Å². The molecule has 1 aromatic heterocycles. The first-order chi connectivity index (χ1) is 9.74. The number of nitrogens with two attached hydrogens (primary N) is 1. The molecule has 106 valence electrons. The lowest BCUT2D eigenvalue weighted by molar-refractivity contribution is 0.203. The van der Waals surface area contributed by atoms with Gasteiger partial charge in [0.1, 0.15) is 0 Å². The van der Waals surface area contributed by atoms with Crippen molar-refractivity contribution in [3.63, 3.8) is 0 Å². The third-order valence-electron chi connectivity index (χ3n) is 3.46. The summed E-state index contributed by atoms with van der Waals surface area (Å²) in [5, 5.41) is 0.752. The maximum absolute atomic E-state index is 5.99. The van der Waals surface area contributed by atoms with Crippen molar-refractivity contribution in [2.45, 2.75) is 19.5 Å². The van der Waals surface area contributed by atoms with E-state index in [4.69, 9.17) is 17.3 Å². The van der Waals surface area contributed by atoms with Gasteiger partial charge in [0.05, 0.1) is 0 Å². The molecule has 0 aliphatic carbocycles. The van der Waals surface area contributed by atoms with Crippen LogP contribution in [0.15, 0.2) is 48.8 Å². The highest BCUT2D eigenvalue weighted by molar-refractivity contribution is 6.30. The minimum absolute atomic E-state index is 0.199. The maximum Gasteiger partial charge on any atom is 0.0473 e. The fourth-order valence-electron chi connectivity index (χ4n) is 2.35. The lowest BCUT2D eigenvalue weighted by Gasteiger charge is -2.30. The van der Waals surface area contributed by atoms with Crippen molar-refractivity contribution in [1.82, 2.24) is 9.88 Å². The zero-order valence-electron chi connectivity index (χ0n) is 11.7. The van der Waals surface area contributed by atoms with Gasteiger partial charge in [-0.3, -0.25) is 9.88 Å². The van der Waals surface area contributed by atoms with E-state index in [1.165, 1.54) is 11.1 Å². The molecule has 0 saturated carbocycles. The predicted octanol–water partition coefficient (Wildman–Crippen LogP) is 3.26. The smallest absolute Gasteiger partial charge is 0.0473 e. The van der Waals surface area contributed by atoms with Crippen LogP contribution < -0.4 is 5.73 Å². The van der Waals surface area contributed by atoms with E-state index in [2.05, 4.69) is 28.9 Å². The molecule has 2 rings (SSSR count). The van der Waals surface area contributed by atoms with Crippen molar-refractivity contribution in [3.8, 4) is 0 Å². The van der Waals surface area contributed by atoms with E-state index >= 15 is 0 Å². The van der Waals surface area contributed by atoms with E-state index in [0.29, 0.717) is 6.54 Å². The molecule has 4 heteroatoms. The van der Waals surface area contributed by atoms with Gasteiger partial charge < -0.3 is 5.73 Å². The van der Waals surface area contributed by atoms with Crippen LogP contribution in [0.1, 0.15) is 24.1 Å². The van der Waals surface area contributed by atoms with Crippen LogP contribution in [-0.4, -0.2) is 23.0 Å². The summed E-state index contributed by atoms with van der Waals surface area (Å²) in [4.78, 5) is 6.41. The molecule has 1 unspecified atom stereocenters. The highest BCUT2D eigenvalue weighted by Crippen LogP contribution is 2.23. The monoisotopic (exact) mass is 289 g/mol. The molecule has 0 spiro atoms. The lowest BCUT2D eigenvalue weighted by Crippen LogP contribution is -2.33. The number of benzene rings is 1. The molecule has 1 atom stereocenters. The Labute approximate surface area is 125 Å². The van der Waals surface area contributed by atoms with Gasteiger partial charge in [-0.05, 0) is 41.9 Å². The van der Waals surface area contributed by atoms with Gasteiger partial charge >= 0.3 is 0 Å². The number of pyridine rings is 1. The maximum atomic E-state index is 5.99. The molecule has 0 aliphatic rings. The molecule has 3 nitrogen and oxygen atoms in total. The lowest BCUT2D eigenvalue weighted by atomic mass is 10.0. The average Bonchev–Trinajstić information content (AvgIpc) is 2.49. The minimum atomic E-state index is 0.199. The number of halogens is 1. The Morgan fingerprint density at radius 3 is 2.35 bits per heavy atom. The van der Waals surface area contributed by atoms with Crippen molar-refractivity contribution in [3.05, 3.63) is 64.9 Å². The van der Waals surface area contributed by atoms with Crippen LogP contribution in [0, 0.1) is 0 Å². The standard InChI is InChI=1S/C16H20ClN3/c1-2-20(12-13-7-9-19-10-8-13)16(11-18)14-3-5-15(17)6-4-14/h3-10,16H,2,11-12,18H2,1H3. The first-order valence-electron chi connectivity index (χ1n) is 6.83. The Morgan fingerprint density at radius 1 is 1.15 bits per heavy atom. The topological polar surface area (TPSA) is 42.2 Å². The molecule has 0 aliphatic heterocycles. The summed E-state index contributed by atoms with van der Waals surface area (Å²) in [6, 6.07) is 12.2. The summed E-state index contributed by atoms with van der Waals surface area (Å²) in [5.74, 6) is 0. The van der Waals surface area contributed by atoms with E-state index in [9.17, 15) is 0 Å². The number of hydrogen-bond donors (Lipinski definition) is 1.